The van der Waals surface area contributed by atoms with E-state index in [0.29, 0.717) is 17.6 Å². The number of hydrogen-bond donors (Lipinski definition) is 1. The number of carbonyl (C=O) groups excluding carboxylic acids is 1. The Morgan fingerprint density at radius 3 is 2.59 bits per heavy atom. The van der Waals surface area contributed by atoms with E-state index in [0.717, 1.165) is 17.7 Å². The highest BCUT2D eigenvalue weighted by Crippen LogP contribution is 2.26. The van der Waals surface area contributed by atoms with Gasteiger partial charge < -0.3 is 0 Å². The van der Waals surface area contributed by atoms with E-state index < -0.39 is 0 Å². The van der Waals surface area contributed by atoms with Crippen LogP contribution in [0.2, 0.25) is 0 Å². The molecule has 2 heterocycles. The van der Waals surface area contributed by atoms with Gasteiger partial charge in [0, 0.05) is 23.6 Å². The Balaban J connectivity index is 1.74. The van der Waals surface area contributed by atoms with Crippen molar-refractivity contribution < 1.29 is 4.79 Å². The summed E-state index contributed by atoms with van der Waals surface area (Å²) in [6.07, 6.45) is 0.767. The number of rotatable bonds is 6. The summed E-state index contributed by atoms with van der Waals surface area (Å²) in [6.45, 7) is 6.74. The molecule has 27 heavy (non-hydrogen) atoms. The molecule has 1 amide bonds. The number of aromatic nitrogens is 3. The molecule has 3 rings (SSSR count). The Morgan fingerprint density at radius 1 is 1.19 bits per heavy atom. The molecule has 0 unspecified atom stereocenters. The summed E-state index contributed by atoms with van der Waals surface area (Å²) in [5.74, 6) is 0.101. The van der Waals surface area contributed by atoms with Gasteiger partial charge in [0.1, 0.15) is 5.69 Å². The van der Waals surface area contributed by atoms with Gasteiger partial charge in [-0.3, -0.25) is 14.9 Å². The van der Waals surface area contributed by atoms with Crippen molar-refractivity contribution in [2.45, 2.75) is 39.7 Å². The lowest BCUT2D eigenvalue weighted by Crippen LogP contribution is -2.26. The molecule has 3 aromatic rings. The molecule has 0 saturated carbocycles. The van der Waals surface area contributed by atoms with E-state index in [1.54, 1.807) is 0 Å². The zero-order chi connectivity index (χ0) is 19.4. The van der Waals surface area contributed by atoms with Crippen LogP contribution in [0.15, 0.2) is 46.6 Å². The largest absolute Gasteiger partial charge is 0.296 e. The van der Waals surface area contributed by atoms with E-state index in [9.17, 15) is 9.59 Å². The zero-order valence-corrected chi connectivity index (χ0v) is 16.4. The molecule has 6 nitrogen and oxygen atoms in total. The summed E-state index contributed by atoms with van der Waals surface area (Å²) < 4.78 is 1.30. The minimum absolute atomic E-state index is 0.195. The van der Waals surface area contributed by atoms with E-state index in [2.05, 4.69) is 41.4 Å². The topological polar surface area (TPSA) is 76.9 Å². The van der Waals surface area contributed by atoms with Gasteiger partial charge in [0.05, 0.1) is 5.69 Å². The number of benzene rings is 1. The molecule has 0 fully saturated rings. The van der Waals surface area contributed by atoms with Crippen LogP contribution in [0.1, 0.15) is 49.2 Å². The molecule has 0 bridgehead atoms. The summed E-state index contributed by atoms with van der Waals surface area (Å²) >= 11 is 1.36. The maximum atomic E-state index is 12.4. The Kier molecular flexibility index (Phi) is 5.81. The van der Waals surface area contributed by atoms with Crippen molar-refractivity contribution >= 4 is 22.4 Å². The Morgan fingerprint density at radius 2 is 1.93 bits per heavy atom. The third-order valence-electron chi connectivity index (χ3n) is 4.13. The molecule has 2 aromatic heterocycles. The number of aryl methyl sites for hydroxylation is 1. The molecule has 0 radical (unpaired) electrons. The van der Waals surface area contributed by atoms with E-state index in [1.165, 1.54) is 33.7 Å². The average molecular weight is 382 g/mol. The van der Waals surface area contributed by atoms with Crippen LogP contribution < -0.4 is 10.9 Å². The molecule has 0 aliphatic rings. The van der Waals surface area contributed by atoms with Gasteiger partial charge in [-0.2, -0.15) is 5.10 Å². The van der Waals surface area contributed by atoms with E-state index in [4.69, 9.17) is 0 Å². The first-order chi connectivity index (χ1) is 13.0. The molecule has 1 aromatic carbocycles. The average Bonchev–Trinajstić information content (AvgIpc) is 3.12. The first-order valence-corrected chi connectivity index (χ1v) is 9.81. The number of thiazole rings is 1. The number of amides is 1. The van der Waals surface area contributed by atoms with Crippen molar-refractivity contribution in [1.82, 2.24) is 14.8 Å². The van der Waals surface area contributed by atoms with Crippen LogP contribution in [0.4, 0.5) is 5.13 Å². The second kappa shape index (κ2) is 8.26. The number of nitrogens with one attached hydrogen (secondary N) is 1. The fraction of sp³-hybridized carbons (Fsp3) is 0.300. The summed E-state index contributed by atoms with van der Waals surface area (Å²) in [5.41, 5.74) is 3.08. The van der Waals surface area contributed by atoms with E-state index in [1.807, 2.05) is 24.4 Å². The highest BCUT2D eigenvalue weighted by atomic mass is 32.1. The highest BCUT2D eigenvalue weighted by molar-refractivity contribution is 7.14. The van der Waals surface area contributed by atoms with Crippen LogP contribution in [0.3, 0.4) is 0 Å². The smallest absolute Gasteiger partial charge is 0.277 e. The predicted octanol–water partition coefficient (Wildman–Crippen LogP) is 4.15. The molecule has 7 heteroatoms. The number of carbonyl (C=O) groups is 1. The van der Waals surface area contributed by atoms with Crippen molar-refractivity contribution in [1.29, 1.82) is 0 Å². The highest BCUT2D eigenvalue weighted by Gasteiger charge is 2.13. The minimum Gasteiger partial charge on any atom is -0.296 e. The number of nitrogens with zero attached hydrogens (tertiary/aromatic N) is 3. The lowest BCUT2D eigenvalue weighted by atomic mass is 10.0. The van der Waals surface area contributed by atoms with Crippen molar-refractivity contribution in [3.63, 3.8) is 0 Å². The molecular formula is C20H22N4O2S. The van der Waals surface area contributed by atoms with Crippen molar-refractivity contribution in [2.24, 2.45) is 0 Å². The maximum Gasteiger partial charge on any atom is 0.277 e. The fourth-order valence-corrected chi connectivity index (χ4v) is 3.32. The first kappa shape index (κ1) is 19.0. The maximum absolute atomic E-state index is 12.4. The van der Waals surface area contributed by atoms with Gasteiger partial charge in [-0.15, -0.1) is 11.3 Å². The Labute approximate surface area is 161 Å². The second-order valence-electron chi connectivity index (χ2n) is 6.55. The minimum atomic E-state index is -0.379. The van der Waals surface area contributed by atoms with Gasteiger partial charge in [0.25, 0.3) is 11.5 Å². The van der Waals surface area contributed by atoms with Gasteiger partial charge in [-0.25, -0.2) is 9.67 Å². The summed E-state index contributed by atoms with van der Waals surface area (Å²) in [6, 6.07) is 11.1. The van der Waals surface area contributed by atoms with Crippen molar-refractivity contribution in [2.75, 3.05) is 5.32 Å². The number of anilines is 1. The van der Waals surface area contributed by atoms with Gasteiger partial charge in [0.15, 0.2) is 5.13 Å². The first-order valence-electron chi connectivity index (χ1n) is 8.93. The van der Waals surface area contributed by atoms with Crippen LogP contribution in [0.5, 0.6) is 0 Å². The summed E-state index contributed by atoms with van der Waals surface area (Å²) in [5, 5.41) is 9.28. The third-order valence-corrected chi connectivity index (χ3v) is 4.89. The lowest BCUT2D eigenvalue weighted by molar-refractivity contribution is 0.101. The molecule has 0 saturated heterocycles. The monoisotopic (exact) mass is 382 g/mol. The molecule has 1 N–H and O–H groups in total. The SMILES string of the molecule is CCCn1nc(C(=O)Nc2nc(-c3ccc(C(C)C)cc3)cs2)ccc1=O. The van der Waals surface area contributed by atoms with Crippen molar-refractivity contribution in [3.05, 3.63) is 63.4 Å². The van der Waals surface area contributed by atoms with E-state index >= 15 is 0 Å². The molecule has 0 spiro atoms. The normalized spacial score (nSPS) is 11.0. The van der Waals surface area contributed by atoms with Crippen LogP contribution >= 0.6 is 11.3 Å². The molecule has 0 aliphatic carbocycles. The van der Waals surface area contributed by atoms with Crippen LogP contribution in [-0.4, -0.2) is 20.7 Å². The third kappa shape index (κ3) is 4.49. The molecular weight excluding hydrogens is 360 g/mol. The van der Waals surface area contributed by atoms with E-state index in [-0.39, 0.29) is 17.2 Å². The summed E-state index contributed by atoms with van der Waals surface area (Å²) in [7, 11) is 0. The lowest BCUT2D eigenvalue weighted by Gasteiger charge is -2.06. The Hall–Kier alpha value is -2.80. The molecule has 140 valence electrons. The molecule has 0 aliphatic heterocycles. The van der Waals surface area contributed by atoms with Crippen LogP contribution in [0.25, 0.3) is 11.3 Å². The predicted molar refractivity (Wildman–Crippen MR) is 108 cm³/mol. The van der Waals surface area contributed by atoms with Crippen LogP contribution in [-0.2, 0) is 6.54 Å². The zero-order valence-electron chi connectivity index (χ0n) is 15.6. The van der Waals surface area contributed by atoms with Gasteiger partial charge in [-0.1, -0.05) is 45.0 Å². The quantitative estimate of drug-likeness (QED) is 0.695. The number of hydrogen-bond acceptors (Lipinski definition) is 5. The van der Waals surface area contributed by atoms with Crippen molar-refractivity contribution in [3.8, 4) is 11.3 Å². The van der Waals surface area contributed by atoms with Gasteiger partial charge >= 0.3 is 0 Å². The standard InChI is InChI=1S/C20H22N4O2S/c1-4-11-24-18(25)10-9-16(23-24)19(26)22-20-21-17(12-27-20)15-7-5-14(6-8-15)13(2)3/h5-10,12-13H,4,11H2,1-3H3,(H,21,22,26). The summed E-state index contributed by atoms with van der Waals surface area (Å²) in [4.78, 5) is 28.6. The Bertz CT molecular complexity index is 990. The fourth-order valence-electron chi connectivity index (χ4n) is 2.61. The van der Waals surface area contributed by atoms with Crippen LogP contribution in [0, 0.1) is 0 Å². The van der Waals surface area contributed by atoms with Gasteiger partial charge in [0.2, 0.25) is 0 Å². The second-order valence-corrected chi connectivity index (χ2v) is 7.41. The van der Waals surface area contributed by atoms with Gasteiger partial charge in [-0.05, 0) is 24.0 Å². The molecule has 0 atom stereocenters.